The van der Waals surface area contributed by atoms with Crippen LogP contribution in [0, 0.1) is 0 Å². The minimum absolute atomic E-state index is 0.0315. The van der Waals surface area contributed by atoms with Crippen molar-refractivity contribution >= 4 is 5.91 Å². The molecule has 0 bridgehead atoms. The molecule has 1 rings (SSSR count). The Bertz CT molecular complexity index is 247. The van der Waals surface area contributed by atoms with Crippen molar-refractivity contribution in [2.45, 2.75) is 70.9 Å². The molecule has 100 valence electrons. The minimum Gasteiger partial charge on any atom is -0.349 e. The highest BCUT2D eigenvalue weighted by Gasteiger charge is 2.35. The summed E-state index contributed by atoms with van der Waals surface area (Å²) in [5.41, 5.74) is 0.0963. The van der Waals surface area contributed by atoms with Crippen LogP contribution in [-0.2, 0) is 4.79 Å². The van der Waals surface area contributed by atoms with Gasteiger partial charge in [0.2, 0.25) is 5.91 Å². The lowest BCUT2D eigenvalue weighted by Gasteiger charge is -2.33. The van der Waals surface area contributed by atoms with Crippen LogP contribution in [0.15, 0.2) is 0 Å². The Morgan fingerprint density at radius 3 is 2.29 bits per heavy atom. The van der Waals surface area contributed by atoms with Gasteiger partial charge in [0.05, 0.1) is 6.04 Å². The predicted molar refractivity (Wildman–Crippen MR) is 72.0 cm³/mol. The largest absolute Gasteiger partial charge is 0.349 e. The summed E-state index contributed by atoms with van der Waals surface area (Å²) in [5.74, 6) is 0.223. The lowest BCUT2D eigenvalue weighted by Crippen LogP contribution is -2.53. The Hall–Kier alpha value is -0.570. The summed E-state index contributed by atoms with van der Waals surface area (Å²) >= 11 is 0. The maximum absolute atomic E-state index is 12.3. The first-order valence-corrected chi connectivity index (χ1v) is 7.10. The van der Waals surface area contributed by atoms with Crippen molar-refractivity contribution in [3.05, 3.63) is 0 Å². The Kier molecular flexibility index (Phi) is 5.44. The fourth-order valence-electron chi connectivity index (χ4n) is 2.88. The highest BCUT2D eigenvalue weighted by molar-refractivity contribution is 5.82. The number of carbonyl (C=O) groups excluding carboxylic acids is 1. The maximum Gasteiger partial charge on any atom is 0.237 e. The first-order chi connectivity index (χ1) is 8.08. The van der Waals surface area contributed by atoms with E-state index in [-0.39, 0.29) is 17.5 Å². The van der Waals surface area contributed by atoms with E-state index in [2.05, 4.69) is 31.0 Å². The number of amides is 1. The molecule has 0 aromatic carbocycles. The molecule has 0 heterocycles. The molecule has 1 aliphatic carbocycles. The van der Waals surface area contributed by atoms with Crippen molar-refractivity contribution in [1.29, 1.82) is 0 Å². The third-order valence-electron chi connectivity index (χ3n) is 4.35. The minimum atomic E-state index is 0.0315. The molecule has 1 atom stereocenters. The van der Waals surface area contributed by atoms with Crippen molar-refractivity contribution in [3.63, 3.8) is 0 Å². The fourth-order valence-corrected chi connectivity index (χ4v) is 2.88. The van der Waals surface area contributed by atoms with E-state index in [1.165, 1.54) is 12.8 Å². The van der Waals surface area contributed by atoms with Gasteiger partial charge in [0.1, 0.15) is 0 Å². The molecule has 0 radical (unpaired) electrons. The zero-order valence-corrected chi connectivity index (χ0v) is 11.9. The Balaban J connectivity index is 2.62. The van der Waals surface area contributed by atoms with Crippen LogP contribution in [0.3, 0.4) is 0 Å². The Labute approximate surface area is 106 Å². The van der Waals surface area contributed by atoms with Gasteiger partial charge in [-0.1, -0.05) is 33.6 Å². The van der Waals surface area contributed by atoms with Crippen LogP contribution in [-0.4, -0.2) is 36.0 Å². The predicted octanol–water partition coefficient (Wildman–Crippen LogP) is 2.56. The number of carbonyl (C=O) groups is 1. The molecule has 1 aliphatic rings. The molecule has 0 aliphatic heterocycles. The second-order valence-electron chi connectivity index (χ2n) is 5.33. The standard InChI is InChI=1S/C14H28N2O/c1-5-12(16(4)7-3)13(17)15-14(6-2)10-8-9-11-14/h12H,5-11H2,1-4H3,(H,15,17). The number of hydrogen-bond donors (Lipinski definition) is 1. The van der Waals surface area contributed by atoms with E-state index in [0.29, 0.717) is 0 Å². The molecule has 1 saturated carbocycles. The zero-order valence-electron chi connectivity index (χ0n) is 11.9. The van der Waals surface area contributed by atoms with E-state index in [9.17, 15) is 4.79 Å². The molecule has 0 spiro atoms. The molecule has 0 saturated heterocycles. The van der Waals surface area contributed by atoms with Crippen molar-refractivity contribution in [3.8, 4) is 0 Å². The van der Waals surface area contributed by atoms with E-state index in [1.54, 1.807) is 0 Å². The molecule has 3 heteroatoms. The van der Waals surface area contributed by atoms with E-state index in [1.807, 2.05) is 7.05 Å². The van der Waals surface area contributed by atoms with Gasteiger partial charge in [-0.05, 0) is 39.3 Å². The smallest absolute Gasteiger partial charge is 0.237 e. The normalized spacial score (nSPS) is 20.5. The molecule has 0 aromatic heterocycles. The monoisotopic (exact) mass is 240 g/mol. The van der Waals surface area contributed by atoms with Gasteiger partial charge < -0.3 is 5.32 Å². The van der Waals surface area contributed by atoms with E-state index in [4.69, 9.17) is 0 Å². The highest BCUT2D eigenvalue weighted by atomic mass is 16.2. The highest BCUT2D eigenvalue weighted by Crippen LogP contribution is 2.32. The molecule has 3 nitrogen and oxygen atoms in total. The van der Waals surface area contributed by atoms with Crippen LogP contribution >= 0.6 is 0 Å². The first-order valence-electron chi connectivity index (χ1n) is 7.10. The average Bonchev–Trinajstić information content (AvgIpc) is 2.78. The lowest BCUT2D eigenvalue weighted by molar-refractivity contribution is -0.128. The van der Waals surface area contributed by atoms with Crippen LogP contribution in [0.2, 0.25) is 0 Å². The molecule has 1 fully saturated rings. The number of likely N-dealkylation sites (N-methyl/N-ethyl adjacent to an activating group) is 1. The summed E-state index contributed by atoms with van der Waals surface area (Å²) in [6, 6.07) is 0.0315. The van der Waals surface area contributed by atoms with Gasteiger partial charge in [-0.2, -0.15) is 0 Å². The quantitative estimate of drug-likeness (QED) is 0.774. The molecule has 1 unspecified atom stereocenters. The molecule has 0 aromatic rings. The molecule has 1 amide bonds. The van der Waals surface area contributed by atoms with Crippen LogP contribution < -0.4 is 5.32 Å². The van der Waals surface area contributed by atoms with Crippen molar-refractivity contribution in [1.82, 2.24) is 10.2 Å². The van der Waals surface area contributed by atoms with Crippen LogP contribution in [0.5, 0.6) is 0 Å². The number of nitrogens with zero attached hydrogens (tertiary/aromatic N) is 1. The molecular weight excluding hydrogens is 212 g/mol. The SMILES string of the molecule is CCC(C(=O)NC1(CC)CCCC1)N(C)CC. The Morgan fingerprint density at radius 2 is 1.88 bits per heavy atom. The van der Waals surface area contributed by atoms with Gasteiger partial charge >= 0.3 is 0 Å². The van der Waals surface area contributed by atoms with Crippen molar-refractivity contribution in [2.24, 2.45) is 0 Å². The summed E-state index contributed by atoms with van der Waals surface area (Å²) in [4.78, 5) is 14.5. The average molecular weight is 240 g/mol. The van der Waals surface area contributed by atoms with Gasteiger partial charge in [-0.25, -0.2) is 0 Å². The summed E-state index contributed by atoms with van der Waals surface area (Å²) in [5, 5.41) is 3.33. The van der Waals surface area contributed by atoms with Crippen molar-refractivity contribution in [2.75, 3.05) is 13.6 Å². The van der Waals surface area contributed by atoms with Gasteiger partial charge in [0, 0.05) is 5.54 Å². The summed E-state index contributed by atoms with van der Waals surface area (Å²) < 4.78 is 0. The third-order valence-corrected chi connectivity index (χ3v) is 4.35. The van der Waals surface area contributed by atoms with Crippen LogP contribution in [0.1, 0.15) is 59.3 Å². The van der Waals surface area contributed by atoms with Gasteiger partial charge in [0.15, 0.2) is 0 Å². The zero-order chi connectivity index (χ0) is 12.9. The molecular formula is C14H28N2O. The molecule has 17 heavy (non-hydrogen) atoms. The molecule has 1 N–H and O–H groups in total. The lowest BCUT2D eigenvalue weighted by atomic mass is 9.93. The summed E-state index contributed by atoms with van der Waals surface area (Å²) in [6.07, 6.45) is 6.77. The third kappa shape index (κ3) is 3.44. The van der Waals surface area contributed by atoms with E-state index >= 15 is 0 Å². The maximum atomic E-state index is 12.3. The summed E-state index contributed by atoms with van der Waals surface area (Å²) in [7, 11) is 2.03. The second kappa shape index (κ2) is 6.39. The topological polar surface area (TPSA) is 32.3 Å². The van der Waals surface area contributed by atoms with Crippen molar-refractivity contribution < 1.29 is 4.79 Å². The summed E-state index contributed by atoms with van der Waals surface area (Å²) in [6.45, 7) is 7.30. The fraction of sp³-hybridized carbons (Fsp3) is 0.929. The number of nitrogens with one attached hydrogen (secondary N) is 1. The second-order valence-corrected chi connectivity index (χ2v) is 5.33. The van der Waals surface area contributed by atoms with Gasteiger partial charge in [-0.15, -0.1) is 0 Å². The number of rotatable bonds is 6. The van der Waals surface area contributed by atoms with Crippen LogP contribution in [0.4, 0.5) is 0 Å². The number of hydrogen-bond acceptors (Lipinski definition) is 2. The van der Waals surface area contributed by atoms with Crippen LogP contribution in [0.25, 0.3) is 0 Å². The first kappa shape index (κ1) is 14.5. The van der Waals surface area contributed by atoms with E-state index in [0.717, 1.165) is 32.2 Å². The van der Waals surface area contributed by atoms with Gasteiger partial charge in [0.25, 0.3) is 0 Å². The Morgan fingerprint density at radius 1 is 1.29 bits per heavy atom. The van der Waals surface area contributed by atoms with Gasteiger partial charge in [-0.3, -0.25) is 9.69 Å². The van der Waals surface area contributed by atoms with E-state index < -0.39 is 0 Å².